The van der Waals surface area contributed by atoms with E-state index >= 15 is 0 Å². The summed E-state index contributed by atoms with van der Waals surface area (Å²) < 4.78 is 7.01. The van der Waals surface area contributed by atoms with Gasteiger partial charge in [0.1, 0.15) is 0 Å². The van der Waals surface area contributed by atoms with Gasteiger partial charge in [-0.05, 0) is 41.1 Å². The molecule has 0 saturated heterocycles. The van der Waals surface area contributed by atoms with Gasteiger partial charge in [-0.1, -0.05) is 0 Å². The van der Waals surface area contributed by atoms with Gasteiger partial charge in [-0.15, -0.1) is 0 Å². The van der Waals surface area contributed by atoms with Crippen molar-refractivity contribution >= 4 is 21.9 Å². The number of pyridine rings is 2. The number of aryl methyl sites for hydroxylation is 1. The molecular weight excluding hydrogens is 324 g/mol. The molecule has 2 aromatic rings. The molecule has 0 amide bonds. The lowest BCUT2D eigenvalue weighted by Crippen LogP contribution is -2.22. The van der Waals surface area contributed by atoms with Crippen LogP contribution in [0.3, 0.4) is 0 Å². The van der Waals surface area contributed by atoms with Crippen molar-refractivity contribution in [2.24, 2.45) is 0 Å². The second-order valence-corrected chi connectivity index (χ2v) is 5.22. The van der Waals surface area contributed by atoms with Gasteiger partial charge in [0.2, 0.25) is 0 Å². The van der Waals surface area contributed by atoms with E-state index in [9.17, 15) is 9.59 Å². The Morgan fingerprint density at radius 1 is 1.45 bits per heavy atom. The van der Waals surface area contributed by atoms with Gasteiger partial charge < -0.3 is 9.30 Å². The van der Waals surface area contributed by atoms with E-state index in [2.05, 4.69) is 25.7 Å². The van der Waals surface area contributed by atoms with Crippen LogP contribution in [0.2, 0.25) is 0 Å². The number of hydrogen-bond donors (Lipinski definition) is 0. The third-order valence-corrected chi connectivity index (χ3v) is 3.24. The van der Waals surface area contributed by atoms with Crippen molar-refractivity contribution in [1.29, 1.82) is 0 Å². The molecule has 104 valence electrons. The lowest BCUT2D eigenvalue weighted by molar-refractivity contribution is 0.0600. The third-order valence-electron chi connectivity index (χ3n) is 2.81. The molecule has 0 spiro atoms. The molecule has 0 N–H and O–H groups in total. The standard InChI is InChI=1S/C14H13BrN2O3/c1-9-5-11(15)7-17(13(9)18)8-12-4-3-10(6-16-12)14(19)20-2/h3-7H,8H2,1-2H3. The Morgan fingerprint density at radius 3 is 2.80 bits per heavy atom. The molecule has 5 nitrogen and oxygen atoms in total. The van der Waals surface area contributed by atoms with Crippen LogP contribution in [0.15, 0.2) is 39.9 Å². The zero-order valence-corrected chi connectivity index (χ0v) is 12.7. The summed E-state index contributed by atoms with van der Waals surface area (Å²) in [5, 5.41) is 0. The predicted octanol–water partition coefficient (Wildman–Crippen LogP) is 2.15. The Morgan fingerprint density at radius 2 is 2.20 bits per heavy atom. The maximum Gasteiger partial charge on any atom is 0.339 e. The largest absolute Gasteiger partial charge is 0.465 e. The van der Waals surface area contributed by atoms with E-state index < -0.39 is 5.97 Å². The van der Waals surface area contributed by atoms with Crippen molar-refractivity contribution in [3.63, 3.8) is 0 Å². The Balaban J connectivity index is 2.27. The fourth-order valence-corrected chi connectivity index (χ4v) is 2.38. The van der Waals surface area contributed by atoms with Crippen molar-refractivity contribution in [3.05, 3.63) is 62.2 Å². The molecule has 0 atom stereocenters. The summed E-state index contributed by atoms with van der Waals surface area (Å²) >= 11 is 3.36. The van der Waals surface area contributed by atoms with Crippen molar-refractivity contribution in [2.45, 2.75) is 13.5 Å². The van der Waals surface area contributed by atoms with Gasteiger partial charge in [-0.2, -0.15) is 0 Å². The molecule has 2 rings (SSSR count). The van der Waals surface area contributed by atoms with Gasteiger partial charge in [0, 0.05) is 22.4 Å². The molecule has 6 heteroatoms. The highest BCUT2D eigenvalue weighted by Gasteiger charge is 2.07. The van der Waals surface area contributed by atoms with Crippen LogP contribution in [0.4, 0.5) is 0 Å². The first-order chi connectivity index (χ1) is 9.51. The number of ether oxygens (including phenoxy) is 1. The van der Waals surface area contributed by atoms with Gasteiger partial charge >= 0.3 is 5.97 Å². The zero-order valence-electron chi connectivity index (χ0n) is 11.1. The fourth-order valence-electron chi connectivity index (χ4n) is 1.79. The molecule has 20 heavy (non-hydrogen) atoms. The molecule has 0 radical (unpaired) electrons. The third kappa shape index (κ3) is 3.14. The van der Waals surface area contributed by atoms with Gasteiger partial charge in [0.25, 0.3) is 5.56 Å². The molecule has 0 unspecified atom stereocenters. The number of rotatable bonds is 3. The summed E-state index contributed by atoms with van der Waals surface area (Å²) in [5.74, 6) is -0.431. The van der Waals surface area contributed by atoms with E-state index in [0.717, 1.165) is 4.47 Å². The van der Waals surface area contributed by atoms with E-state index in [4.69, 9.17) is 0 Å². The first-order valence-electron chi connectivity index (χ1n) is 5.91. The van der Waals surface area contributed by atoms with E-state index in [-0.39, 0.29) is 5.56 Å². The van der Waals surface area contributed by atoms with Crippen molar-refractivity contribution < 1.29 is 9.53 Å². The molecule has 0 aromatic carbocycles. The van der Waals surface area contributed by atoms with Gasteiger partial charge in [-0.25, -0.2) is 4.79 Å². The lowest BCUT2D eigenvalue weighted by Gasteiger charge is -2.07. The van der Waals surface area contributed by atoms with Gasteiger partial charge in [0.15, 0.2) is 0 Å². The Hall–Kier alpha value is -1.95. The van der Waals surface area contributed by atoms with Crippen LogP contribution < -0.4 is 5.56 Å². The molecule has 0 saturated carbocycles. The molecule has 2 aromatic heterocycles. The smallest absolute Gasteiger partial charge is 0.339 e. The molecule has 0 bridgehead atoms. The number of hydrogen-bond acceptors (Lipinski definition) is 4. The minimum absolute atomic E-state index is 0.0629. The normalized spacial score (nSPS) is 10.3. The highest BCUT2D eigenvalue weighted by Crippen LogP contribution is 2.09. The van der Waals surface area contributed by atoms with Crippen LogP contribution in [0, 0.1) is 6.92 Å². The average Bonchev–Trinajstić information content (AvgIpc) is 2.44. The summed E-state index contributed by atoms with van der Waals surface area (Å²) in [5.41, 5.74) is 1.67. The average molecular weight is 337 g/mol. The number of aromatic nitrogens is 2. The number of halogens is 1. The summed E-state index contributed by atoms with van der Waals surface area (Å²) in [4.78, 5) is 27.5. The molecular formula is C14H13BrN2O3. The second kappa shape index (κ2) is 6.00. The first kappa shape index (κ1) is 14.5. The summed E-state index contributed by atoms with van der Waals surface area (Å²) in [7, 11) is 1.32. The van der Waals surface area contributed by atoms with E-state index in [1.807, 2.05) is 0 Å². The van der Waals surface area contributed by atoms with Crippen LogP contribution in [0.25, 0.3) is 0 Å². The van der Waals surface area contributed by atoms with Crippen LogP contribution in [0.1, 0.15) is 21.6 Å². The Labute approximate surface area is 124 Å². The maximum atomic E-state index is 12.0. The monoisotopic (exact) mass is 336 g/mol. The van der Waals surface area contributed by atoms with Crippen molar-refractivity contribution in [3.8, 4) is 0 Å². The number of methoxy groups -OCH3 is 1. The van der Waals surface area contributed by atoms with Gasteiger partial charge in [0.05, 0.1) is 24.9 Å². The minimum Gasteiger partial charge on any atom is -0.465 e. The highest BCUT2D eigenvalue weighted by molar-refractivity contribution is 9.10. The number of nitrogens with zero attached hydrogens (tertiary/aromatic N) is 2. The van der Waals surface area contributed by atoms with Crippen molar-refractivity contribution in [2.75, 3.05) is 7.11 Å². The Bertz CT molecular complexity index is 693. The zero-order chi connectivity index (χ0) is 14.7. The lowest BCUT2D eigenvalue weighted by atomic mass is 10.2. The molecule has 0 aliphatic heterocycles. The van der Waals surface area contributed by atoms with Gasteiger partial charge in [-0.3, -0.25) is 9.78 Å². The number of carbonyl (C=O) groups excluding carboxylic acids is 1. The quantitative estimate of drug-likeness (QED) is 0.806. The SMILES string of the molecule is COC(=O)c1ccc(Cn2cc(Br)cc(C)c2=O)nc1. The first-order valence-corrected chi connectivity index (χ1v) is 6.70. The number of esters is 1. The van der Waals surface area contributed by atoms with E-state index in [1.165, 1.54) is 13.3 Å². The van der Waals surface area contributed by atoms with E-state index in [1.54, 1.807) is 35.9 Å². The summed E-state index contributed by atoms with van der Waals surface area (Å²) in [6.45, 7) is 2.11. The summed E-state index contributed by atoms with van der Waals surface area (Å²) in [6, 6.07) is 5.10. The predicted molar refractivity (Wildman–Crippen MR) is 77.8 cm³/mol. The highest BCUT2D eigenvalue weighted by atomic mass is 79.9. The molecule has 0 aliphatic carbocycles. The minimum atomic E-state index is -0.431. The van der Waals surface area contributed by atoms with Crippen LogP contribution in [-0.4, -0.2) is 22.6 Å². The van der Waals surface area contributed by atoms with Crippen molar-refractivity contribution in [1.82, 2.24) is 9.55 Å². The second-order valence-electron chi connectivity index (χ2n) is 4.30. The van der Waals surface area contributed by atoms with E-state index in [0.29, 0.717) is 23.4 Å². The van der Waals surface area contributed by atoms with Crippen LogP contribution in [0.5, 0.6) is 0 Å². The fraction of sp³-hybridized carbons (Fsp3) is 0.214. The maximum absolute atomic E-state index is 12.0. The Kier molecular flexibility index (Phi) is 4.34. The molecule has 2 heterocycles. The van der Waals surface area contributed by atoms with Crippen LogP contribution >= 0.6 is 15.9 Å². The topological polar surface area (TPSA) is 61.2 Å². The summed E-state index contributed by atoms with van der Waals surface area (Å²) in [6.07, 6.45) is 3.16. The van der Waals surface area contributed by atoms with Crippen LogP contribution in [-0.2, 0) is 11.3 Å². The number of carbonyl (C=O) groups is 1. The molecule has 0 fully saturated rings. The molecule has 0 aliphatic rings.